The number of rotatable bonds is 6. The van der Waals surface area contributed by atoms with E-state index in [4.69, 9.17) is 0 Å². The largest absolute Gasteiger partial charge is 0.316 e. The molecule has 3 heteroatoms. The van der Waals surface area contributed by atoms with Crippen LogP contribution in [0.15, 0.2) is 0 Å². The molecule has 16 heavy (non-hydrogen) atoms. The van der Waals surface area contributed by atoms with E-state index in [1.165, 1.54) is 12.0 Å². The first-order chi connectivity index (χ1) is 7.69. The molecule has 1 aromatic heterocycles. The van der Waals surface area contributed by atoms with E-state index < -0.39 is 0 Å². The van der Waals surface area contributed by atoms with Crippen LogP contribution in [0.2, 0.25) is 0 Å². The first-order valence-electron chi connectivity index (χ1n) is 6.22. The van der Waals surface area contributed by atoms with Gasteiger partial charge < -0.3 is 5.32 Å². The minimum absolute atomic E-state index is 0.913. The molecule has 1 rings (SSSR count). The highest BCUT2D eigenvalue weighted by Crippen LogP contribution is 2.10. The average molecular weight is 221 g/mol. The molecule has 1 aromatic rings. The summed E-state index contributed by atoms with van der Waals surface area (Å²) in [7, 11) is 0. The van der Waals surface area contributed by atoms with Crippen LogP contribution in [0.25, 0.3) is 0 Å². The van der Waals surface area contributed by atoms with Gasteiger partial charge in [-0.25, -0.2) is 9.97 Å². The van der Waals surface area contributed by atoms with E-state index in [0.29, 0.717) is 0 Å². The Balaban J connectivity index is 2.65. The van der Waals surface area contributed by atoms with Gasteiger partial charge in [0.2, 0.25) is 0 Å². The summed E-state index contributed by atoms with van der Waals surface area (Å²) in [4.78, 5) is 9.02. The maximum atomic E-state index is 4.51. The molecule has 0 fully saturated rings. The fraction of sp³-hybridized carbons (Fsp3) is 0.692. The molecule has 3 nitrogen and oxygen atoms in total. The Morgan fingerprint density at radius 3 is 2.12 bits per heavy atom. The van der Waals surface area contributed by atoms with Gasteiger partial charge in [-0.3, -0.25) is 0 Å². The molecule has 0 aliphatic carbocycles. The quantitative estimate of drug-likeness (QED) is 0.748. The lowest BCUT2D eigenvalue weighted by molar-refractivity contribution is 0.664. The molecule has 0 amide bonds. The highest BCUT2D eigenvalue weighted by molar-refractivity contribution is 5.24. The summed E-state index contributed by atoms with van der Waals surface area (Å²) >= 11 is 0. The molecule has 0 saturated carbocycles. The Bertz CT molecular complexity index is 311. The van der Waals surface area contributed by atoms with Gasteiger partial charge in [0.15, 0.2) is 0 Å². The molecule has 1 N–H and O–H groups in total. The van der Waals surface area contributed by atoms with Crippen molar-refractivity contribution in [3.05, 3.63) is 22.8 Å². The Morgan fingerprint density at radius 1 is 1.00 bits per heavy atom. The number of aryl methyl sites for hydroxylation is 3. The Morgan fingerprint density at radius 2 is 1.62 bits per heavy atom. The highest BCUT2D eigenvalue weighted by atomic mass is 14.9. The van der Waals surface area contributed by atoms with Crippen molar-refractivity contribution in [2.45, 2.75) is 47.0 Å². The molecular formula is C13H23N3. The second-order valence-corrected chi connectivity index (χ2v) is 4.14. The second kappa shape index (κ2) is 6.59. The predicted octanol–water partition coefficient (Wildman–Crippen LogP) is 2.20. The molecule has 0 bridgehead atoms. The van der Waals surface area contributed by atoms with Crippen LogP contribution in [-0.2, 0) is 12.8 Å². The summed E-state index contributed by atoms with van der Waals surface area (Å²) in [5.74, 6) is 0.959. The topological polar surface area (TPSA) is 37.8 Å². The third-order valence-corrected chi connectivity index (χ3v) is 2.76. The van der Waals surface area contributed by atoms with E-state index in [1.807, 2.05) is 0 Å². The fourth-order valence-corrected chi connectivity index (χ4v) is 1.84. The Kier molecular flexibility index (Phi) is 5.39. The predicted molar refractivity (Wildman–Crippen MR) is 67.7 cm³/mol. The van der Waals surface area contributed by atoms with Crippen LogP contribution in [0, 0.1) is 13.8 Å². The lowest BCUT2D eigenvalue weighted by Gasteiger charge is -2.10. The van der Waals surface area contributed by atoms with E-state index in [2.05, 4.69) is 43.0 Å². The van der Waals surface area contributed by atoms with Crippen LogP contribution >= 0.6 is 0 Å². The number of hydrogen-bond donors (Lipinski definition) is 1. The van der Waals surface area contributed by atoms with E-state index >= 15 is 0 Å². The monoisotopic (exact) mass is 221 g/mol. The summed E-state index contributed by atoms with van der Waals surface area (Å²) in [5, 5.41) is 3.41. The zero-order chi connectivity index (χ0) is 12.0. The van der Waals surface area contributed by atoms with Crippen molar-refractivity contribution >= 4 is 0 Å². The molecule has 0 aliphatic rings. The first-order valence-corrected chi connectivity index (χ1v) is 6.22. The van der Waals surface area contributed by atoms with Crippen LogP contribution in [0.1, 0.15) is 43.0 Å². The molecule has 0 atom stereocenters. The normalized spacial score (nSPS) is 10.8. The minimum Gasteiger partial charge on any atom is -0.316 e. The van der Waals surface area contributed by atoms with Crippen LogP contribution in [-0.4, -0.2) is 23.1 Å². The van der Waals surface area contributed by atoms with Gasteiger partial charge in [-0.2, -0.15) is 0 Å². The summed E-state index contributed by atoms with van der Waals surface area (Å²) in [6, 6.07) is 0. The van der Waals surface area contributed by atoms with Gasteiger partial charge in [0.1, 0.15) is 5.82 Å². The van der Waals surface area contributed by atoms with Crippen molar-refractivity contribution in [2.24, 2.45) is 0 Å². The highest BCUT2D eigenvalue weighted by Gasteiger charge is 2.06. The molecule has 0 aliphatic heterocycles. The van der Waals surface area contributed by atoms with Gasteiger partial charge >= 0.3 is 0 Å². The van der Waals surface area contributed by atoms with Gasteiger partial charge in [-0.1, -0.05) is 13.8 Å². The second-order valence-electron chi connectivity index (χ2n) is 4.14. The third-order valence-electron chi connectivity index (χ3n) is 2.76. The molecule has 0 unspecified atom stereocenters. The molecule has 90 valence electrons. The molecule has 0 spiro atoms. The summed E-state index contributed by atoms with van der Waals surface area (Å²) < 4.78 is 0. The van der Waals surface area contributed by atoms with Crippen molar-refractivity contribution in [1.29, 1.82) is 0 Å². The lowest BCUT2D eigenvalue weighted by Crippen LogP contribution is -2.19. The summed E-state index contributed by atoms with van der Waals surface area (Å²) in [6.45, 7) is 10.6. The van der Waals surface area contributed by atoms with Crippen molar-refractivity contribution in [2.75, 3.05) is 13.1 Å². The minimum atomic E-state index is 0.913. The molecule has 0 radical (unpaired) electrons. The zero-order valence-electron chi connectivity index (χ0n) is 10.9. The van der Waals surface area contributed by atoms with E-state index in [0.717, 1.165) is 43.1 Å². The summed E-state index contributed by atoms with van der Waals surface area (Å²) in [5.41, 5.74) is 3.59. The fourth-order valence-electron chi connectivity index (χ4n) is 1.84. The van der Waals surface area contributed by atoms with Crippen molar-refractivity contribution < 1.29 is 0 Å². The number of nitrogens with zero attached hydrogens (tertiary/aromatic N) is 2. The van der Waals surface area contributed by atoms with Crippen molar-refractivity contribution in [3.63, 3.8) is 0 Å². The van der Waals surface area contributed by atoms with Crippen LogP contribution in [0.5, 0.6) is 0 Å². The van der Waals surface area contributed by atoms with Crippen molar-refractivity contribution in [1.82, 2.24) is 15.3 Å². The number of hydrogen-bond acceptors (Lipinski definition) is 3. The lowest BCUT2D eigenvalue weighted by atomic mass is 10.1. The van der Waals surface area contributed by atoms with E-state index in [-0.39, 0.29) is 0 Å². The zero-order valence-corrected chi connectivity index (χ0v) is 10.9. The third kappa shape index (κ3) is 3.56. The van der Waals surface area contributed by atoms with E-state index in [9.17, 15) is 0 Å². The van der Waals surface area contributed by atoms with Crippen LogP contribution in [0.3, 0.4) is 0 Å². The Hall–Kier alpha value is -0.960. The standard InChI is InChI=1S/C13H23N3/c1-5-8-14-9-7-12-10(3)15-13(6-2)16-11(12)4/h14H,5-9H2,1-4H3. The average Bonchev–Trinajstić information content (AvgIpc) is 2.26. The van der Waals surface area contributed by atoms with Crippen LogP contribution < -0.4 is 5.32 Å². The molecule has 0 saturated heterocycles. The van der Waals surface area contributed by atoms with Crippen molar-refractivity contribution in [3.8, 4) is 0 Å². The van der Waals surface area contributed by atoms with Gasteiger partial charge in [0, 0.05) is 17.8 Å². The summed E-state index contributed by atoms with van der Waals surface area (Å²) in [6.07, 6.45) is 3.13. The SMILES string of the molecule is CCCNCCc1c(C)nc(CC)nc1C. The molecule has 0 aromatic carbocycles. The van der Waals surface area contributed by atoms with Crippen LogP contribution in [0.4, 0.5) is 0 Å². The number of nitrogens with one attached hydrogen (secondary N) is 1. The van der Waals surface area contributed by atoms with Gasteiger partial charge in [0.25, 0.3) is 0 Å². The smallest absolute Gasteiger partial charge is 0.128 e. The molecule has 1 heterocycles. The molecular weight excluding hydrogens is 198 g/mol. The Labute approximate surface area is 98.7 Å². The maximum Gasteiger partial charge on any atom is 0.128 e. The maximum absolute atomic E-state index is 4.51. The van der Waals surface area contributed by atoms with E-state index in [1.54, 1.807) is 0 Å². The van der Waals surface area contributed by atoms with Gasteiger partial charge in [0.05, 0.1) is 0 Å². The first kappa shape index (κ1) is 13.1. The van der Waals surface area contributed by atoms with Gasteiger partial charge in [-0.15, -0.1) is 0 Å². The number of aromatic nitrogens is 2. The van der Waals surface area contributed by atoms with Gasteiger partial charge in [-0.05, 0) is 45.3 Å².